The molecule has 1 unspecified atom stereocenters. The largest absolute Gasteiger partial charge is 0.358 e. The van der Waals surface area contributed by atoms with Crippen LogP contribution in [0.2, 0.25) is 0 Å². The molecule has 0 aliphatic rings. The van der Waals surface area contributed by atoms with E-state index in [0.29, 0.717) is 5.92 Å². The third-order valence-corrected chi connectivity index (χ3v) is 3.48. The van der Waals surface area contributed by atoms with Gasteiger partial charge in [-0.3, -0.25) is 4.68 Å². The summed E-state index contributed by atoms with van der Waals surface area (Å²) in [6, 6.07) is 10.7. The minimum Gasteiger partial charge on any atom is -0.358 e. The molecule has 4 heteroatoms. The SMILES string of the molecule is CC(CCn1ccnn1)Cc1cc2ccccc2[nH]1. The summed E-state index contributed by atoms with van der Waals surface area (Å²) in [7, 11) is 0. The minimum absolute atomic E-state index is 0.622. The van der Waals surface area contributed by atoms with Crippen molar-refractivity contribution in [2.45, 2.75) is 26.3 Å². The van der Waals surface area contributed by atoms with Crippen LogP contribution in [-0.4, -0.2) is 20.0 Å². The van der Waals surface area contributed by atoms with Gasteiger partial charge in [0.15, 0.2) is 0 Å². The maximum absolute atomic E-state index is 3.99. The van der Waals surface area contributed by atoms with Crippen LogP contribution >= 0.6 is 0 Å². The van der Waals surface area contributed by atoms with Crippen molar-refractivity contribution in [2.75, 3.05) is 0 Å². The van der Waals surface area contributed by atoms with Crippen LogP contribution in [0, 0.1) is 5.92 Å². The van der Waals surface area contributed by atoms with Crippen molar-refractivity contribution in [3.63, 3.8) is 0 Å². The van der Waals surface area contributed by atoms with Crippen molar-refractivity contribution in [1.29, 1.82) is 0 Å². The highest BCUT2D eigenvalue weighted by molar-refractivity contribution is 5.80. The summed E-state index contributed by atoms with van der Waals surface area (Å²) in [5.41, 5.74) is 2.54. The summed E-state index contributed by atoms with van der Waals surface area (Å²) in [5, 5.41) is 9.10. The van der Waals surface area contributed by atoms with Gasteiger partial charge in [-0.05, 0) is 36.3 Å². The summed E-state index contributed by atoms with van der Waals surface area (Å²) < 4.78 is 1.89. The van der Waals surface area contributed by atoms with E-state index in [1.165, 1.54) is 16.6 Å². The summed E-state index contributed by atoms with van der Waals surface area (Å²) in [4.78, 5) is 3.48. The number of hydrogen-bond donors (Lipinski definition) is 1. The van der Waals surface area contributed by atoms with Crippen molar-refractivity contribution in [1.82, 2.24) is 20.0 Å². The molecule has 0 fully saturated rings. The molecule has 1 aromatic carbocycles. The first-order valence-electron chi connectivity index (χ1n) is 6.72. The molecule has 2 aromatic heterocycles. The van der Waals surface area contributed by atoms with E-state index in [1.54, 1.807) is 6.20 Å². The average Bonchev–Trinajstić information content (AvgIpc) is 3.04. The van der Waals surface area contributed by atoms with Crippen molar-refractivity contribution in [2.24, 2.45) is 5.92 Å². The normalized spacial score (nSPS) is 12.9. The van der Waals surface area contributed by atoms with Crippen LogP contribution in [0.15, 0.2) is 42.7 Å². The van der Waals surface area contributed by atoms with Gasteiger partial charge in [-0.1, -0.05) is 30.3 Å². The molecule has 2 heterocycles. The number of nitrogens with one attached hydrogen (secondary N) is 1. The Hall–Kier alpha value is -2.10. The van der Waals surface area contributed by atoms with E-state index < -0.39 is 0 Å². The van der Waals surface area contributed by atoms with Crippen LogP contribution in [0.5, 0.6) is 0 Å². The van der Waals surface area contributed by atoms with Gasteiger partial charge < -0.3 is 4.98 Å². The highest BCUT2D eigenvalue weighted by atomic mass is 15.4. The standard InChI is InChI=1S/C15H18N4/c1-12(6-8-19-9-7-16-18-19)10-14-11-13-4-2-3-5-15(13)17-14/h2-5,7,9,11-12,17H,6,8,10H2,1H3. The van der Waals surface area contributed by atoms with Crippen molar-refractivity contribution < 1.29 is 0 Å². The van der Waals surface area contributed by atoms with Gasteiger partial charge in [-0.15, -0.1) is 5.10 Å². The molecule has 0 spiro atoms. The van der Waals surface area contributed by atoms with Gasteiger partial charge in [0.25, 0.3) is 0 Å². The van der Waals surface area contributed by atoms with Crippen LogP contribution in [0.3, 0.4) is 0 Å². The number of H-pyrrole nitrogens is 1. The molecule has 1 N–H and O–H groups in total. The zero-order chi connectivity index (χ0) is 13.1. The zero-order valence-corrected chi connectivity index (χ0v) is 11.1. The molecule has 3 aromatic rings. The molecule has 0 saturated carbocycles. The van der Waals surface area contributed by atoms with Crippen LogP contribution in [0.1, 0.15) is 19.0 Å². The third-order valence-electron chi connectivity index (χ3n) is 3.48. The van der Waals surface area contributed by atoms with Gasteiger partial charge in [-0.2, -0.15) is 0 Å². The third kappa shape index (κ3) is 2.84. The van der Waals surface area contributed by atoms with Crippen LogP contribution in [0.25, 0.3) is 10.9 Å². The lowest BCUT2D eigenvalue weighted by atomic mass is 10.0. The molecule has 0 amide bonds. The first-order valence-corrected chi connectivity index (χ1v) is 6.72. The summed E-state index contributed by atoms with van der Waals surface area (Å²) in [6.45, 7) is 3.21. The zero-order valence-electron chi connectivity index (χ0n) is 11.1. The second-order valence-corrected chi connectivity index (χ2v) is 5.15. The lowest BCUT2D eigenvalue weighted by Gasteiger charge is -2.09. The van der Waals surface area contributed by atoms with E-state index >= 15 is 0 Å². The average molecular weight is 254 g/mol. The van der Waals surface area contributed by atoms with Gasteiger partial charge in [0.05, 0.1) is 6.20 Å². The molecule has 0 saturated heterocycles. The number of benzene rings is 1. The maximum atomic E-state index is 3.99. The Kier molecular flexibility index (Phi) is 3.31. The van der Waals surface area contributed by atoms with Gasteiger partial charge in [0.2, 0.25) is 0 Å². The number of rotatable bonds is 5. The minimum atomic E-state index is 0.622. The Morgan fingerprint density at radius 3 is 3.00 bits per heavy atom. The van der Waals surface area contributed by atoms with E-state index in [0.717, 1.165) is 19.4 Å². The fourth-order valence-corrected chi connectivity index (χ4v) is 2.43. The van der Waals surface area contributed by atoms with E-state index in [1.807, 2.05) is 10.9 Å². The van der Waals surface area contributed by atoms with Crippen molar-refractivity contribution in [3.8, 4) is 0 Å². The quantitative estimate of drug-likeness (QED) is 0.760. The number of para-hydroxylation sites is 1. The van der Waals surface area contributed by atoms with Crippen LogP contribution in [0.4, 0.5) is 0 Å². The second kappa shape index (κ2) is 5.26. The van der Waals surface area contributed by atoms with E-state index in [2.05, 4.69) is 52.6 Å². The van der Waals surface area contributed by atoms with Gasteiger partial charge in [0.1, 0.15) is 0 Å². The predicted octanol–water partition coefficient (Wildman–Crippen LogP) is 3.03. The fraction of sp³-hybridized carbons (Fsp3) is 0.333. The molecule has 3 rings (SSSR count). The monoisotopic (exact) mass is 254 g/mol. The Morgan fingerprint density at radius 2 is 2.21 bits per heavy atom. The number of aromatic amines is 1. The first kappa shape index (κ1) is 12.0. The second-order valence-electron chi connectivity index (χ2n) is 5.15. The molecule has 19 heavy (non-hydrogen) atoms. The Labute approximate surface area is 112 Å². The smallest absolute Gasteiger partial charge is 0.0692 e. The molecule has 0 aliphatic heterocycles. The summed E-state index contributed by atoms with van der Waals surface area (Å²) >= 11 is 0. The summed E-state index contributed by atoms with van der Waals surface area (Å²) in [5.74, 6) is 0.622. The highest BCUT2D eigenvalue weighted by Gasteiger charge is 2.07. The number of aromatic nitrogens is 4. The number of fused-ring (bicyclic) bond motifs is 1. The fourth-order valence-electron chi connectivity index (χ4n) is 2.43. The number of hydrogen-bond acceptors (Lipinski definition) is 2. The topological polar surface area (TPSA) is 46.5 Å². The van der Waals surface area contributed by atoms with Crippen molar-refractivity contribution >= 4 is 10.9 Å². The lowest BCUT2D eigenvalue weighted by molar-refractivity contribution is 0.448. The lowest BCUT2D eigenvalue weighted by Crippen LogP contribution is -2.07. The molecular weight excluding hydrogens is 236 g/mol. The van der Waals surface area contributed by atoms with Gasteiger partial charge >= 0.3 is 0 Å². The molecular formula is C15H18N4. The molecule has 4 nitrogen and oxygen atoms in total. The number of aryl methyl sites for hydroxylation is 1. The predicted molar refractivity (Wildman–Crippen MR) is 75.8 cm³/mol. The molecule has 0 aliphatic carbocycles. The van der Waals surface area contributed by atoms with Gasteiger partial charge in [-0.25, -0.2) is 0 Å². The molecule has 98 valence electrons. The van der Waals surface area contributed by atoms with E-state index in [4.69, 9.17) is 0 Å². The number of nitrogens with zero attached hydrogens (tertiary/aromatic N) is 3. The maximum Gasteiger partial charge on any atom is 0.0692 e. The molecule has 0 radical (unpaired) electrons. The Bertz CT molecular complexity index is 606. The first-order chi connectivity index (χ1) is 9.31. The van der Waals surface area contributed by atoms with Crippen molar-refractivity contribution in [3.05, 3.63) is 48.4 Å². The van der Waals surface area contributed by atoms with E-state index in [-0.39, 0.29) is 0 Å². The van der Waals surface area contributed by atoms with E-state index in [9.17, 15) is 0 Å². The summed E-state index contributed by atoms with van der Waals surface area (Å²) in [6.07, 6.45) is 5.82. The molecule has 1 atom stereocenters. The van der Waals surface area contributed by atoms with Crippen LogP contribution in [-0.2, 0) is 13.0 Å². The Balaban J connectivity index is 1.60. The van der Waals surface area contributed by atoms with Crippen LogP contribution < -0.4 is 0 Å². The molecule has 0 bridgehead atoms. The highest BCUT2D eigenvalue weighted by Crippen LogP contribution is 2.18. The Morgan fingerprint density at radius 1 is 1.32 bits per heavy atom. The van der Waals surface area contributed by atoms with Gasteiger partial charge in [0, 0.05) is 24.0 Å².